The summed E-state index contributed by atoms with van der Waals surface area (Å²) in [4.78, 5) is 50.4. The van der Waals surface area contributed by atoms with Crippen LogP contribution in [-0.2, 0) is 4.79 Å². The fourth-order valence-electron chi connectivity index (χ4n) is 3.46. The van der Waals surface area contributed by atoms with Crippen molar-refractivity contribution in [3.8, 4) is 0 Å². The molecule has 4 rings (SSSR count). The summed E-state index contributed by atoms with van der Waals surface area (Å²) in [6.07, 6.45) is -0.133. The van der Waals surface area contributed by atoms with E-state index in [4.69, 9.17) is 11.6 Å². The summed E-state index contributed by atoms with van der Waals surface area (Å²) in [6.45, 7) is -0.0949. The van der Waals surface area contributed by atoms with E-state index in [1.54, 1.807) is 24.3 Å². The molecule has 0 saturated carbocycles. The molecule has 0 fully saturated rings. The Morgan fingerprint density at radius 3 is 2.21 bits per heavy atom. The molecule has 0 radical (unpaired) electrons. The highest BCUT2D eigenvalue weighted by atomic mass is 35.5. The van der Waals surface area contributed by atoms with Gasteiger partial charge in [-0.05, 0) is 42.5 Å². The number of anilines is 2. The van der Waals surface area contributed by atoms with Crippen LogP contribution in [0.15, 0.2) is 60.7 Å². The Morgan fingerprint density at radius 1 is 0.912 bits per heavy atom. The molecule has 0 unspecified atom stereocenters. The zero-order chi connectivity index (χ0) is 24.4. The van der Waals surface area contributed by atoms with Crippen molar-refractivity contribution < 1.29 is 28.0 Å². The molecule has 1 aliphatic heterocycles. The van der Waals surface area contributed by atoms with Crippen molar-refractivity contribution in [2.75, 3.05) is 16.8 Å². The van der Waals surface area contributed by atoms with Gasteiger partial charge in [-0.25, -0.2) is 13.7 Å². The molecule has 10 heteroatoms. The molecule has 172 valence electrons. The minimum absolute atomic E-state index is 0.0763. The molecule has 2 N–H and O–H groups in total. The van der Waals surface area contributed by atoms with Gasteiger partial charge in [0.25, 0.3) is 17.7 Å². The van der Waals surface area contributed by atoms with Gasteiger partial charge in [0.2, 0.25) is 5.91 Å². The average molecular weight is 484 g/mol. The highest BCUT2D eigenvalue weighted by Gasteiger charge is 2.37. The molecule has 3 aromatic carbocycles. The number of benzene rings is 3. The zero-order valence-corrected chi connectivity index (χ0v) is 18.2. The van der Waals surface area contributed by atoms with Gasteiger partial charge in [-0.3, -0.25) is 19.2 Å². The summed E-state index contributed by atoms with van der Waals surface area (Å²) in [5.41, 5.74) is 0.718. The number of halogens is 3. The fraction of sp³-hybridized carbons (Fsp3) is 0.0833. The third-order valence-corrected chi connectivity index (χ3v) is 5.38. The number of nitrogens with zero attached hydrogens (tertiary/aromatic N) is 1. The number of hydrogen-bond donors (Lipinski definition) is 2. The van der Waals surface area contributed by atoms with E-state index in [2.05, 4.69) is 10.6 Å². The highest BCUT2D eigenvalue weighted by molar-refractivity contribution is 6.40. The molecule has 0 saturated heterocycles. The highest BCUT2D eigenvalue weighted by Crippen LogP contribution is 2.34. The number of imide groups is 1. The van der Waals surface area contributed by atoms with Crippen molar-refractivity contribution in [2.45, 2.75) is 6.42 Å². The second kappa shape index (κ2) is 9.40. The Balaban J connectivity index is 1.36. The van der Waals surface area contributed by atoms with Crippen LogP contribution >= 0.6 is 11.6 Å². The lowest BCUT2D eigenvalue weighted by Gasteiger charge is -2.16. The molecule has 0 aromatic heterocycles. The largest absolute Gasteiger partial charge is 0.351 e. The predicted octanol–water partition coefficient (Wildman–Crippen LogP) is 4.18. The lowest BCUT2D eigenvalue weighted by atomic mass is 10.1. The average Bonchev–Trinajstić information content (AvgIpc) is 3.04. The van der Waals surface area contributed by atoms with E-state index >= 15 is 0 Å². The van der Waals surface area contributed by atoms with Crippen molar-refractivity contribution in [2.24, 2.45) is 0 Å². The summed E-state index contributed by atoms with van der Waals surface area (Å²) in [6, 6.07) is 13.3. The van der Waals surface area contributed by atoms with Gasteiger partial charge >= 0.3 is 0 Å². The Hall–Kier alpha value is -4.11. The maximum atomic E-state index is 13.6. The van der Waals surface area contributed by atoms with E-state index < -0.39 is 35.3 Å². The van der Waals surface area contributed by atoms with Gasteiger partial charge in [-0.15, -0.1) is 0 Å². The summed E-state index contributed by atoms with van der Waals surface area (Å²) in [5.74, 6) is -4.04. The lowest BCUT2D eigenvalue weighted by molar-refractivity contribution is -0.116. The molecule has 1 aliphatic rings. The van der Waals surface area contributed by atoms with Crippen LogP contribution in [0.5, 0.6) is 0 Å². The van der Waals surface area contributed by atoms with Crippen LogP contribution in [0, 0.1) is 11.6 Å². The minimum Gasteiger partial charge on any atom is -0.351 e. The van der Waals surface area contributed by atoms with Gasteiger partial charge in [-0.2, -0.15) is 0 Å². The zero-order valence-electron chi connectivity index (χ0n) is 17.4. The molecule has 1 heterocycles. The molecular weight excluding hydrogens is 468 g/mol. The van der Waals surface area contributed by atoms with Gasteiger partial charge in [0.15, 0.2) is 0 Å². The van der Waals surface area contributed by atoms with E-state index in [0.717, 1.165) is 17.0 Å². The normalized spacial score (nSPS) is 12.5. The first-order valence-electron chi connectivity index (χ1n) is 10.1. The topological polar surface area (TPSA) is 95.6 Å². The van der Waals surface area contributed by atoms with Gasteiger partial charge in [0, 0.05) is 24.7 Å². The van der Waals surface area contributed by atoms with Gasteiger partial charge in [0.1, 0.15) is 11.6 Å². The van der Waals surface area contributed by atoms with Gasteiger partial charge in [0.05, 0.1) is 27.4 Å². The Morgan fingerprint density at radius 2 is 1.59 bits per heavy atom. The molecule has 0 atom stereocenters. The Labute approximate surface area is 197 Å². The van der Waals surface area contributed by atoms with Gasteiger partial charge < -0.3 is 10.6 Å². The number of rotatable bonds is 6. The van der Waals surface area contributed by atoms with Crippen LogP contribution in [0.25, 0.3) is 0 Å². The number of nitrogens with one attached hydrogen (secondary N) is 2. The molecular formula is C24H16ClF2N3O4. The predicted molar refractivity (Wildman–Crippen MR) is 121 cm³/mol. The van der Waals surface area contributed by atoms with Crippen LogP contribution in [0.2, 0.25) is 5.02 Å². The van der Waals surface area contributed by atoms with Crippen LogP contribution in [0.3, 0.4) is 0 Å². The molecule has 0 spiro atoms. The summed E-state index contributed by atoms with van der Waals surface area (Å²) < 4.78 is 26.6. The van der Waals surface area contributed by atoms with E-state index in [0.29, 0.717) is 11.8 Å². The first-order valence-corrected chi connectivity index (χ1v) is 10.4. The Bertz CT molecular complexity index is 1310. The smallest absolute Gasteiger partial charge is 0.266 e. The quantitative estimate of drug-likeness (QED) is 0.514. The van der Waals surface area contributed by atoms with Crippen molar-refractivity contribution in [1.29, 1.82) is 0 Å². The van der Waals surface area contributed by atoms with Crippen molar-refractivity contribution in [3.05, 3.63) is 94.0 Å². The lowest BCUT2D eigenvalue weighted by Crippen LogP contribution is -2.29. The maximum absolute atomic E-state index is 13.6. The molecule has 3 aromatic rings. The third-order valence-electron chi connectivity index (χ3n) is 5.08. The van der Waals surface area contributed by atoms with E-state index in [1.165, 1.54) is 18.2 Å². The molecule has 0 aliphatic carbocycles. The number of hydrogen-bond acceptors (Lipinski definition) is 4. The van der Waals surface area contributed by atoms with Crippen molar-refractivity contribution in [3.63, 3.8) is 0 Å². The maximum Gasteiger partial charge on any atom is 0.266 e. The van der Waals surface area contributed by atoms with Crippen molar-refractivity contribution in [1.82, 2.24) is 5.32 Å². The standard InChI is InChI=1S/C24H16ClF2N3O4/c25-18-12-14(6-8-20(18)30-23(33)15-3-1-2-4-16(15)24(30)34)29-21(31)9-10-28-22(32)17-7-5-13(26)11-19(17)27/h1-8,11-12H,9-10H2,(H,28,32)(H,29,31). The van der Waals surface area contributed by atoms with E-state index in [-0.39, 0.29) is 40.4 Å². The van der Waals surface area contributed by atoms with Crippen LogP contribution in [-0.4, -0.2) is 30.2 Å². The third kappa shape index (κ3) is 4.51. The van der Waals surface area contributed by atoms with Crippen LogP contribution in [0.1, 0.15) is 37.5 Å². The van der Waals surface area contributed by atoms with E-state index in [9.17, 15) is 28.0 Å². The first kappa shape index (κ1) is 23.1. The second-order valence-corrected chi connectivity index (χ2v) is 7.74. The molecule has 7 nitrogen and oxygen atoms in total. The Kier molecular flexibility index (Phi) is 6.38. The summed E-state index contributed by atoms with van der Waals surface area (Å²) in [5, 5.41) is 5.04. The van der Waals surface area contributed by atoms with Crippen molar-refractivity contribution >= 4 is 46.6 Å². The fourth-order valence-corrected chi connectivity index (χ4v) is 3.72. The number of fused-ring (bicyclic) bond motifs is 1. The van der Waals surface area contributed by atoms with Crippen LogP contribution in [0.4, 0.5) is 20.2 Å². The number of carbonyl (C=O) groups excluding carboxylic acids is 4. The monoisotopic (exact) mass is 483 g/mol. The summed E-state index contributed by atoms with van der Waals surface area (Å²) in [7, 11) is 0. The molecule has 4 amide bonds. The number of amides is 4. The number of carbonyl (C=O) groups is 4. The minimum atomic E-state index is -1.00. The van der Waals surface area contributed by atoms with E-state index in [1.807, 2.05) is 0 Å². The van der Waals surface area contributed by atoms with Gasteiger partial charge in [-0.1, -0.05) is 23.7 Å². The molecule has 0 bridgehead atoms. The SMILES string of the molecule is O=C(CCNC(=O)c1ccc(F)cc1F)Nc1ccc(N2C(=O)c3ccccc3C2=O)c(Cl)c1. The second-order valence-electron chi connectivity index (χ2n) is 7.34. The van der Waals surface area contributed by atoms with Crippen LogP contribution < -0.4 is 15.5 Å². The molecule has 34 heavy (non-hydrogen) atoms. The first-order chi connectivity index (χ1) is 16.3. The summed E-state index contributed by atoms with van der Waals surface area (Å²) >= 11 is 6.29.